The van der Waals surface area contributed by atoms with E-state index in [2.05, 4.69) is 0 Å². The molecule has 0 heterocycles. The minimum atomic E-state index is -1.57. The molecule has 0 unspecified atom stereocenters. The molecule has 0 fully saturated rings. The molecule has 0 bridgehead atoms. The summed E-state index contributed by atoms with van der Waals surface area (Å²) in [5.41, 5.74) is 0.0174. The van der Waals surface area contributed by atoms with Crippen molar-refractivity contribution in [2.45, 2.75) is 6.54 Å². The predicted octanol–water partition coefficient (Wildman–Crippen LogP) is 1.87. The maximum Gasteiger partial charge on any atom is 0.404 e. The number of hydrogen-bond acceptors (Lipinski definition) is 1. The molecule has 1 aromatic carbocycles. The Morgan fingerprint density at radius 2 is 1.79 bits per heavy atom. The molecule has 3 nitrogen and oxygen atoms in total. The largest absolute Gasteiger partial charge is 0.465 e. The number of halogens is 3. The second kappa shape index (κ2) is 3.99. The second-order valence-corrected chi connectivity index (χ2v) is 2.53. The van der Waals surface area contributed by atoms with Gasteiger partial charge in [-0.1, -0.05) is 0 Å². The lowest BCUT2D eigenvalue weighted by Crippen LogP contribution is -2.20. The molecule has 1 rings (SSSR count). The number of carbonyl (C=O) groups is 1. The molecular weight excluding hydrogens is 199 g/mol. The van der Waals surface area contributed by atoms with Crippen molar-refractivity contribution < 1.29 is 23.1 Å². The third-order valence-corrected chi connectivity index (χ3v) is 1.49. The summed E-state index contributed by atoms with van der Waals surface area (Å²) in [6.07, 6.45) is -1.32. The summed E-state index contributed by atoms with van der Waals surface area (Å²) in [6.45, 7) is -0.274. The molecule has 0 aliphatic heterocycles. The molecule has 0 aliphatic rings. The summed E-state index contributed by atoms with van der Waals surface area (Å²) in [5, 5.41) is 10.1. The zero-order valence-corrected chi connectivity index (χ0v) is 6.85. The van der Waals surface area contributed by atoms with E-state index < -0.39 is 23.5 Å². The molecular formula is C8H6F3NO2. The van der Waals surface area contributed by atoms with E-state index in [9.17, 15) is 18.0 Å². The summed E-state index contributed by atoms with van der Waals surface area (Å²) >= 11 is 0. The van der Waals surface area contributed by atoms with Crippen LogP contribution in [0.25, 0.3) is 0 Å². The van der Waals surface area contributed by atoms with Gasteiger partial charge >= 0.3 is 6.09 Å². The smallest absolute Gasteiger partial charge is 0.404 e. The maximum atomic E-state index is 12.6. The highest BCUT2D eigenvalue weighted by Gasteiger charge is 2.10. The van der Waals surface area contributed by atoms with Gasteiger partial charge in [0.2, 0.25) is 0 Å². The van der Waals surface area contributed by atoms with E-state index in [1.54, 1.807) is 0 Å². The molecule has 0 atom stereocenters. The van der Waals surface area contributed by atoms with Crippen molar-refractivity contribution in [3.05, 3.63) is 35.1 Å². The fourth-order valence-corrected chi connectivity index (χ4v) is 0.888. The van der Waals surface area contributed by atoms with Crippen LogP contribution in [0.3, 0.4) is 0 Å². The number of nitrogens with one attached hydrogen (secondary N) is 1. The van der Waals surface area contributed by atoms with E-state index in [1.807, 2.05) is 5.32 Å². The van der Waals surface area contributed by atoms with E-state index in [4.69, 9.17) is 5.11 Å². The van der Waals surface area contributed by atoms with E-state index in [0.29, 0.717) is 0 Å². The maximum absolute atomic E-state index is 12.6. The molecule has 1 amide bonds. The van der Waals surface area contributed by atoms with Crippen LogP contribution in [0.1, 0.15) is 5.56 Å². The third kappa shape index (κ3) is 2.38. The van der Waals surface area contributed by atoms with Crippen molar-refractivity contribution in [1.82, 2.24) is 5.32 Å². The van der Waals surface area contributed by atoms with Gasteiger partial charge in [-0.3, -0.25) is 0 Å². The summed E-state index contributed by atoms with van der Waals surface area (Å²) < 4.78 is 37.6. The van der Waals surface area contributed by atoms with Gasteiger partial charge in [-0.2, -0.15) is 0 Å². The average Bonchev–Trinajstić information content (AvgIpc) is 2.10. The van der Waals surface area contributed by atoms with E-state index in [-0.39, 0.29) is 12.1 Å². The van der Waals surface area contributed by atoms with Gasteiger partial charge in [-0.15, -0.1) is 0 Å². The minimum Gasteiger partial charge on any atom is -0.465 e. The normalized spacial score (nSPS) is 9.93. The predicted molar refractivity (Wildman–Crippen MR) is 41.2 cm³/mol. The standard InChI is InChI=1S/C8H6F3NO2/c9-5-1-4(3-12-8(13)14)2-6(10)7(5)11/h1-2,12H,3H2,(H,13,14). The summed E-state index contributed by atoms with van der Waals surface area (Å²) in [7, 11) is 0. The molecule has 76 valence electrons. The average molecular weight is 205 g/mol. The zero-order valence-electron chi connectivity index (χ0n) is 6.85. The van der Waals surface area contributed by atoms with Gasteiger partial charge in [-0.05, 0) is 17.7 Å². The lowest BCUT2D eigenvalue weighted by molar-refractivity contribution is 0.194. The molecule has 0 radical (unpaired) electrons. The Morgan fingerprint density at radius 1 is 1.29 bits per heavy atom. The molecule has 2 N–H and O–H groups in total. The highest BCUT2D eigenvalue weighted by atomic mass is 19.2. The van der Waals surface area contributed by atoms with Crippen molar-refractivity contribution in [2.24, 2.45) is 0 Å². The van der Waals surface area contributed by atoms with Crippen LogP contribution in [-0.4, -0.2) is 11.2 Å². The first-order chi connectivity index (χ1) is 6.50. The van der Waals surface area contributed by atoms with Crippen molar-refractivity contribution in [1.29, 1.82) is 0 Å². The van der Waals surface area contributed by atoms with Crippen molar-refractivity contribution in [2.75, 3.05) is 0 Å². The minimum absolute atomic E-state index is 0.0174. The number of benzene rings is 1. The third-order valence-electron chi connectivity index (χ3n) is 1.49. The van der Waals surface area contributed by atoms with Gasteiger partial charge in [-0.25, -0.2) is 18.0 Å². The van der Waals surface area contributed by atoms with Crippen LogP contribution >= 0.6 is 0 Å². The molecule has 0 aromatic heterocycles. The Balaban J connectivity index is 2.84. The number of hydrogen-bond donors (Lipinski definition) is 2. The molecule has 0 saturated carbocycles. The van der Waals surface area contributed by atoms with Crippen LogP contribution in [-0.2, 0) is 6.54 Å². The number of rotatable bonds is 2. The van der Waals surface area contributed by atoms with Crippen molar-refractivity contribution in [3.63, 3.8) is 0 Å². The lowest BCUT2D eigenvalue weighted by Gasteiger charge is -2.02. The van der Waals surface area contributed by atoms with Crippen LogP contribution < -0.4 is 5.32 Å². The van der Waals surface area contributed by atoms with E-state index in [1.165, 1.54) is 0 Å². The van der Waals surface area contributed by atoms with Gasteiger partial charge in [0, 0.05) is 6.54 Å². The van der Waals surface area contributed by atoms with Crippen molar-refractivity contribution >= 4 is 6.09 Å². The quantitative estimate of drug-likeness (QED) is 0.724. The highest BCUT2D eigenvalue weighted by molar-refractivity contribution is 5.64. The molecule has 14 heavy (non-hydrogen) atoms. The first-order valence-corrected chi connectivity index (χ1v) is 3.61. The molecule has 1 aromatic rings. The van der Waals surface area contributed by atoms with Gasteiger partial charge in [0.1, 0.15) is 0 Å². The SMILES string of the molecule is O=C(O)NCc1cc(F)c(F)c(F)c1. The Morgan fingerprint density at radius 3 is 2.21 bits per heavy atom. The molecule has 0 aliphatic carbocycles. The molecule has 0 saturated heterocycles. The first kappa shape index (κ1) is 10.4. The Labute approximate surface area is 77.2 Å². The molecule has 0 spiro atoms. The molecule has 6 heteroatoms. The topological polar surface area (TPSA) is 49.3 Å². The fourth-order valence-electron chi connectivity index (χ4n) is 0.888. The van der Waals surface area contributed by atoms with Crippen LogP contribution in [0, 0.1) is 17.5 Å². The zero-order chi connectivity index (χ0) is 10.7. The van der Waals surface area contributed by atoms with Gasteiger partial charge in [0.05, 0.1) is 0 Å². The number of carboxylic acid groups (broad SMARTS) is 1. The Kier molecular flexibility index (Phi) is 2.95. The van der Waals surface area contributed by atoms with Gasteiger partial charge < -0.3 is 10.4 Å². The van der Waals surface area contributed by atoms with E-state index >= 15 is 0 Å². The Hall–Kier alpha value is -1.72. The second-order valence-electron chi connectivity index (χ2n) is 2.53. The monoisotopic (exact) mass is 205 g/mol. The van der Waals surface area contributed by atoms with Crippen LogP contribution in [0.15, 0.2) is 12.1 Å². The van der Waals surface area contributed by atoms with Gasteiger partial charge in [0.25, 0.3) is 0 Å². The first-order valence-electron chi connectivity index (χ1n) is 3.61. The van der Waals surface area contributed by atoms with E-state index in [0.717, 1.165) is 12.1 Å². The van der Waals surface area contributed by atoms with Gasteiger partial charge in [0.15, 0.2) is 17.5 Å². The van der Waals surface area contributed by atoms with Crippen LogP contribution in [0.5, 0.6) is 0 Å². The fraction of sp³-hybridized carbons (Fsp3) is 0.125. The highest BCUT2D eigenvalue weighted by Crippen LogP contribution is 2.13. The van der Waals surface area contributed by atoms with Crippen LogP contribution in [0.4, 0.5) is 18.0 Å². The summed E-state index contributed by atoms with van der Waals surface area (Å²) in [5.74, 6) is -4.25. The lowest BCUT2D eigenvalue weighted by atomic mass is 10.2. The Bertz CT molecular complexity index is 345. The number of amides is 1. The van der Waals surface area contributed by atoms with Crippen LogP contribution in [0.2, 0.25) is 0 Å². The van der Waals surface area contributed by atoms with Crippen molar-refractivity contribution in [3.8, 4) is 0 Å². The summed E-state index contributed by atoms with van der Waals surface area (Å²) in [4.78, 5) is 10.0. The summed E-state index contributed by atoms with van der Waals surface area (Å²) in [6, 6.07) is 1.46.